The molecule has 3 rings (SSSR count). The first-order valence-corrected chi connectivity index (χ1v) is 9.65. The van der Waals surface area contributed by atoms with E-state index in [9.17, 15) is 4.79 Å². The number of amidine groups is 1. The molecule has 6 nitrogen and oxygen atoms in total. The molecule has 1 unspecified atom stereocenters. The zero-order valence-corrected chi connectivity index (χ0v) is 17.1. The van der Waals surface area contributed by atoms with Crippen molar-refractivity contribution in [2.24, 2.45) is 5.73 Å². The molecule has 0 saturated heterocycles. The molecule has 5 N–H and O–H groups in total. The third-order valence-corrected chi connectivity index (χ3v) is 4.83. The predicted octanol–water partition coefficient (Wildman–Crippen LogP) is 3.76. The molecule has 1 amide bonds. The Morgan fingerprint density at radius 2 is 1.77 bits per heavy atom. The number of hydrogen-bond acceptors (Lipinski definition) is 4. The summed E-state index contributed by atoms with van der Waals surface area (Å²) in [5.41, 5.74) is 9.72. The van der Waals surface area contributed by atoms with Gasteiger partial charge >= 0.3 is 0 Å². The van der Waals surface area contributed by atoms with Crippen LogP contribution in [-0.2, 0) is 11.3 Å². The summed E-state index contributed by atoms with van der Waals surface area (Å²) >= 11 is 0. The maximum Gasteiger partial charge on any atom is 0.247 e. The van der Waals surface area contributed by atoms with E-state index in [4.69, 9.17) is 15.9 Å². The highest BCUT2D eigenvalue weighted by atomic mass is 16.5. The highest BCUT2D eigenvalue weighted by molar-refractivity contribution is 5.95. The van der Waals surface area contributed by atoms with E-state index >= 15 is 0 Å². The van der Waals surface area contributed by atoms with Crippen LogP contribution in [0.25, 0.3) is 0 Å². The van der Waals surface area contributed by atoms with E-state index in [2.05, 4.69) is 10.6 Å². The van der Waals surface area contributed by atoms with Crippen molar-refractivity contribution < 1.29 is 9.53 Å². The van der Waals surface area contributed by atoms with Crippen LogP contribution in [0, 0.1) is 12.3 Å². The Bertz CT molecular complexity index is 1020. The summed E-state index contributed by atoms with van der Waals surface area (Å²) in [4.78, 5) is 13.1. The van der Waals surface area contributed by atoms with E-state index in [0.717, 1.165) is 28.1 Å². The van der Waals surface area contributed by atoms with Crippen molar-refractivity contribution in [3.8, 4) is 5.75 Å². The van der Waals surface area contributed by atoms with Gasteiger partial charge < -0.3 is 21.1 Å². The molecule has 0 aliphatic heterocycles. The molecule has 3 aromatic carbocycles. The van der Waals surface area contributed by atoms with Gasteiger partial charge in [0, 0.05) is 17.8 Å². The molecule has 30 heavy (non-hydrogen) atoms. The first-order valence-electron chi connectivity index (χ1n) is 9.65. The lowest BCUT2D eigenvalue weighted by Gasteiger charge is -2.21. The van der Waals surface area contributed by atoms with Crippen LogP contribution in [0.1, 0.15) is 28.3 Å². The van der Waals surface area contributed by atoms with Gasteiger partial charge in [0.2, 0.25) is 5.91 Å². The van der Waals surface area contributed by atoms with E-state index in [-0.39, 0.29) is 11.7 Å². The van der Waals surface area contributed by atoms with E-state index in [1.165, 1.54) is 0 Å². The number of aryl methyl sites for hydroxylation is 1. The zero-order chi connectivity index (χ0) is 21.5. The molecule has 154 valence electrons. The number of nitrogens with one attached hydrogen (secondary N) is 3. The van der Waals surface area contributed by atoms with Crippen molar-refractivity contribution >= 4 is 17.4 Å². The SMILES string of the molecule is COc1ccc(C(Nc2ccc(C(=N)N)cc2)C(=O)NCc2ccccc2)cc1C. The fourth-order valence-corrected chi connectivity index (χ4v) is 3.18. The van der Waals surface area contributed by atoms with E-state index in [0.29, 0.717) is 12.1 Å². The number of nitrogens with two attached hydrogens (primary N) is 1. The second kappa shape index (κ2) is 9.60. The van der Waals surface area contributed by atoms with Crippen LogP contribution in [0.2, 0.25) is 0 Å². The fourth-order valence-electron chi connectivity index (χ4n) is 3.18. The third kappa shape index (κ3) is 5.17. The number of nitrogen functional groups attached to an aromatic ring is 1. The van der Waals surface area contributed by atoms with Gasteiger partial charge in [-0.15, -0.1) is 0 Å². The summed E-state index contributed by atoms with van der Waals surface area (Å²) < 4.78 is 5.35. The molecule has 1 atom stereocenters. The number of carbonyl (C=O) groups is 1. The first kappa shape index (κ1) is 20.9. The lowest BCUT2D eigenvalue weighted by Crippen LogP contribution is -2.33. The van der Waals surface area contributed by atoms with Gasteiger partial charge in [-0.2, -0.15) is 0 Å². The van der Waals surface area contributed by atoms with Crippen molar-refractivity contribution in [3.63, 3.8) is 0 Å². The summed E-state index contributed by atoms with van der Waals surface area (Å²) in [6.07, 6.45) is 0. The monoisotopic (exact) mass is 402 g/mol. The maximum atomic E-state index is 13.1. The fraction of sp³-hybridized carbons (Fsp3) is 0.167. The molecule has 0 spiro atoms. The average Bonchev–Trinajstić information content (AvgIpc) is 2.76. The molecule has 6 heteroatoms. The van der Waals surface area contributed by atoms with Gasteiger partial charge in [0.25, 0.3) is 0 Å². The summed E-state index contributed by atoms with van der Waals surface area (Å²) in [6, 6.07) is 22.0. The number of amides is 1. The number of hydrogen-bond donors (Lipinski definition) is 4. The summed E-state index contributed by atoms with van der Waals surface area (Å²) in [5.74, 6) is 0.636. The molecule has 0 saturated carbocycles. The van der Waals surface area contributed by atoms with Crippen LogP contribution in [0.5, 0.6) is 5.75 Å². The van der Waals surface area contributed by atoms with Gasteiger partial charge in [0.05, 0.1) is 7.11 Å². The van der Waals surface area contributed by atoms with E-state index in [1.54, 1.807) is 19.2 Å². The van der Waals surface area contributed by atoms with Crippen LogP contribution in [-0.4, -0.2) is 18.9 Å². The van der Waals surface area contributed by atoms with E-state index in [1.807, 2.05) is 67.6 Å². The number of methoxy groups -OCH3 is 1. The van der Waals surface area contributed by atoms with Crippen molar-refractivity contribution in [1.29, 1.82) is 5.41 Å². The molecule has 0 bridgehead atoms. The Labute approximate surface area is 176 Å². The molecule has 0 aromatic heterocycles. The van der Waals surface area contributed by atoms with E-state index < -0.39 is 6.04 Å². The summed E-state index contributed by atoms with van der Waals surface area (Å²) in [6.45, 7) is 2.39. The van der Waals surface area contributed by atoms with Gasteiger partial charge in [-0.25, -0.2) is 0 Å². The molecule has 0 aliphatic rings. The van der Waals surface area contributed by atoms with Crippen molar-refractivity contribution in [2.75, 3.05) is 12.4 Å². The van der Waals surface area contributed by atoms with Gasteiger partial charge in [-0.3, -0.25) is 10.2 Å². The van der Waals surface area contributed by atoms with Gasteiger partial charge in [-0.1, -0.05) is 36.4 Å². The third-order valence-electron chi connectivity index (χ3n) is 4.83. The normalized spacial score (nSPS) is 11.4. The summed E-state index contributed by atoms with van der Waals surface area (Å²) in [5, 5.41) is 13.8. The topological polar surface area (TPSA) is 100 Å². The second-order valence-electron chi connectivity index (χ2n) is 7.00. The van der Waals surface area contributed by atoms with Crippen LogP contribution in [0.15, 0.2) is 72.8 Å². The van der Waals surface area contributed by atoms with Crippen molar-refractivity contribution in [3.05, 3.63) is 95.1 Å². The van der Waals surface area contributed by atoms with Crippen LogP contribution in [0.4, 0.5) is 5.69 Å². The Balaban J connectivity index is 1.84. The van der Waals surface area contributed by atoms with Crippen LogP contribution < -0.4 is 21.1 Å². The quantitative estimate of drug-likeness (QED) is 0.340. The van der Waals surface area contributed by atoms with Gasteiger partial charge in [0.1, 0.15) is 17.6 Å². The van der Waals surface area contributed by atoms with Gasteiger partial charge in [-0.05, 0) is 60.0 Å². The van der Waals surface area contributed by atoms with Gasteiger partial charge in [0.15, 0.2) is 0 Å². The highest BCUT2D eigenvalue weighted by Gasteiger charge is 2.21. The molecular formula is C24H26N4O2. The first-order chi connectivity index (χ1) is 14.5. The highest BCUT2D eigenvalue weighted by Crippen LogP contribution is 2.26. The molecule has 3 aromatic rings. The van der Waals surface area contributed by atoms with Crippen molar-refractivity contribution in [1.82, 2.24) is 5.32 Å². The minimum atomic E-state index is -0.596. The number of ether oxygens (including phenoxy) is 1. The number of carbonyl (C=O) groups excluding carboxylic acids is 1. The van der Waals surface area contributed by atoms with Crippen LogP contribution >= 0.6 is 0 Å². The zero-order valence-electron chi connectivity index (χ0n) is 17.1. The Kier molecular flexibility index (Phi) is 6.70. The lowest BCUT2D eigenvalue weighted by atomic mass is 10.0. The average molecular weight is 402 g/mol. The largest absolute Gasteiger partial charge is 0.496 e. The predicted molar refractivity (Wildman–Crippen MR) is 120 cm³/mol. The second-order valence-corrected chi connectivity index (χ2v) is 7.00. The Morgan fingerprint density at radius 3 is 2.37 bits per heavy atom. The standard InChI is InChI=1S/C24H26N4O2/c1-16-14-19(10-13-21(16)30-2)22(24(29)27-15-17-6-4-3-5-7-17)28-20-11-8-18(9-12-20)23(25)26/h3-14,22,28H,15H2,1-2H3,(H3,25,26)(H,27,29). The lowest BCUT2D eigenvalue weighted by molar-refractivity contribution is -0.122. The Morgan fingerprint density at radius 1 is 1.07 bits per heavy atom. The number of benzene rings is 3. The maximum absolute atomic E-state index is 13.1. The smallest absolute Gasteiger partial charge is 0.247 e. The molecule has 0 aliphatic carbocycles. The minimum absolute atomic E-state index is 0.00415. The number of rotatable bonds is 8. The molecular weight excluding hydrogens is 376 g/mol. The number of anilines is 1. The molecule has 0 fully saturated rings. The minimum Gasteiger partial charge on any atom is -0.496 e. The molecule has 0 heterocycles. The summed E-state index contributed by atoms with van der Waals surface area (Å²) in [7, 11) is 1.63. The Hall–Kier alpha value is -3.80. The van der Waals surface area contributed by atoms with Crippen molar-refractivity contribution in [2.45, 2.75) is 19.5 Å². The van der Waals surface area contributed by atoms with Crippen LogP contribution in [0.3, 0.4) is 0 Å². The molecule has 0 radical (unpaired) electrons.